The number of rotatable bonds is 4. The van der Waals surface area contributed by atoms with Gasteiger partial charge in [-0.2, -0.15) is 0 Å². The zero-order valence-electron chi connectivity index (χ0n) is 12.5. The summed E-state index contributed by atoms with van der Waals surface area (Å²) < 4.78 is 0. The minimum absolute atomic E-state index is 0.0927. The highest BCUT2D eigenvalue weighted by Crippen LogP contribution is 2.40. The first kappa shape index (κ1) is 15.3. The van der Waals surface area contributed by atoms with Gasteiger partial charge in [0.05, 0.1) is 6.61 Å². The maximum atomic E-state index is 9.93. The Labute approximate surface area is 118 Å². The minimum Gasteiger partial charge on any atom is -0.396 e. The zero-order chi connectivity index (χ0) is 13.7. The van der Waals surface area contributed by atoms with Crippen LogP contribution in [-0.2, 0) is 0 Å². The fraction of sp³-hybridized carbons (Fsp3) is 1.00. The van der Waals surface area contributed by atoms with E-state index in [1.54, 1.807) is 0 Å². The number of hydrogen-bond donors (Lipinski definition) is 2. The van der Waals surface area contributed by atoms with Crippen LogP contribution in [0, 0.1) is 11.3 Å². The molecule has 0 aromatic rings. The predicted octanol–water partition coefficient (Wildman–Crippen LogP) is 2.41. The molecule has 1 saturated heterocycles. The van der Waals surface area contributed by atoms with Crippen LogP contribution < -0.4 is 0 Å². The normalized spacial score (nSPS) is 38.1. The van der Waals surface area contributed by atoms with Crippen molar-refractivity contribution in [1.82, 2.24) is 4.90 Å². The molecule has 0 amide bonds. The summed E-state index contributed by atoms with van der Waals surface area (Å²) >= 11 is 0. The molecule has 0 aromatic carbocycles. The third-order valence-electron chi connectivity index (χ3n) is 5.27. The first-order valence-electron chi connectivity index (χ1n) is 8.15. The maximum Gasteiger partial charge on any atom is 0.0586 e. The molecule has 1 heterocycles. The SMILES string of the molecule is CC1CCCC(CO)(CN2CCCCCC2CO)C1. The fourth-order valence-corrected chi connectivity index (χ4v) is 4.19. The van der Waals surface area contributed by atoms with E-state index in [2.05, 4.69) is 11.8 Å². The molecule has 0 radical (unpaired) electrons. The van der Waals surface area contributed by atoms with E-state index in [-0.39, 0.29) is 12.0 Å². The Kier molecular flexibility index (Phi) is 5.67. The van der Waals surface area contributed by atoms with E-state index in [1.165, 1.54) is 32.1 Å². The molecule has 0 spiro atoms. The Bertz CT molecular complexity index is 271. The fourth-order valence-electron chi connectivity index (χ4n) is 4.19. The van der Waals surface area contributed by atoms with Gasteiger partial charge in [0.2, 0.25) is 0 Å². The van der Waals surface area contributed by atoms with Gasteiger partial charge in [0, 0.05) is 24.6 Å². The van der Waals surface area contributed by atoms with Crippen molar-refractivity contribution in [3.05, 3.63) is 0 Å². The molecule has 19 heavy (non-hydrogen) atoms. The summed E-state index contributed by atoms with van der Waals surface area (Å²) in [5, 5.41) is 19.6. The lowest BCUT2D eigenvalue weighted by Gasteiger charge is -2.43. The van der Waals surface area contributed by atoms with Crippen LogP contribution in [0.2, 0.25) is 0 Å². The van der Waals surface area contributed by atoms with E-state index in [4.69, 9.17) is 0 Å². The van der Waals surface area contributed by atoms with E-state index in [0.29, 0.717) is 12.6 Å². The van der Waals surface area contributed by atoms with Gasteiger partial charge in [-0.15, -0.1) is 0 Å². The summed E-state index contributed by atoms with van der Waals surface area (Å²) in [6, 6.07) is 0.322. The molecule has 3 atom stereocenters. The first-order valence-corrected chi connectivity index (χ1v) is 8.15. The van der Waals surface area contributed by atoms with Crippen molar-refractivity contribution in [2.24, 2.45) is 11.3 Å². The molecular formula is C16H31NO2. The number of nitrogens with zero attached hydrogens (tertiary/aromatic N) is 1. The summed E-state index contributed by atoms with van der Waals surface area (Å²) in [7, 11) is 0. The lowest BCUT2D eigenvalue weighted by atomic mass is 9.70. The van der Waals surface area contributed by atoms with Crippen molar-refractivity contribution in [1.29, 1.82) is 0 Å². The molecule has 2 fully saturated rings. The van der Waals surface area contributed by atoms with Crippen LogP contribution >= 0.6 is 0 Å². The maximum absolute atomic E-state index is 9.93. The van der Waals surface area contributed by atoms with E-state index >= 15 is 0 Å². The van der Waals surface area contributed by atoms with Crippen LogP contribution in [0.3, 0.4) is 0 Å². The Balaban J connectivity index is 2.02. The summed E-state index contributed by atoms with van der Waals surface area (Å²) in [4.78, 5) is 2.47. The molecule has 2 aliphatic rings. The highest BCUT2D eigenvalue weighted by atomic mass is 16.3. The van der Waals surface area contributed by atoms with Gasteiger partial charge in [-0.3, -0.25) is 4.90 Å². The minimum atomic E-state index is 0.0927. The Hall–Kier alpha value is -0.120. The number of aliphatic hydroxyl groups is 2. The number of hydrogen-bond acceptors (Lipinski definition) is 3. The van der Waals surface area contributed by atoms with E-state index in [0.717, 1.165) is 38.3 Å². The molecule has 0 bridgehead atoms. The topological polar surface area (TPSA) is 43.7 Å². The number of likely N-dealkylation sites (tertiary alicyclic amines) is 1. The van der Waals surface area contributed by atoms with Crippen molar-refractivity contribution < 1.29 is 10.2 Å². The standard InChI is InChI=1S/C16H31NO2/c1-14-6-5-8-16(10-14,13-19)12-17-9-4-2-3-7-15(17)11-18/h14-15,18-19H,2-13H2,1H3. The van der Waals surface area contributed by atoms with Gasteiger partial charge in [-0.05, 0) is 38.1 Å². The van der Waals surface area contributed by atoms with Gasteiger partial charge >= 0.3 is 0 Å². The molecule has 1 aliphatic carbocycles. The van der Waals surface area contributed by atoms with Gasteiger partial charge in [-0.1, -0.05) is 32.6 Å². The lowest BCUT2D eigenvalue weighted by molar-refractivity contribution is 0.00212. The Morgan fingerprint density at radius 3 is 2.63 bits per heavy atom. The second-order valence-electron chi connectivity index (χ2n) is 7.02. The van der Waals surface area contributed by atoms with Gasteiger partial charge in [-0.25, -0.2) is 0 Å². The van der Waals surface area contributed by atoms with E-state index in [9.17, 15) is 10.2 Å². The van der Waals surface area contributed by atoms with Gasteiger partial charge < -0.3 is 10.2 Å². The molecule has 0 aromatic heterocycles. The molecule has 1 aliphatic heterocycles. The lowest BCUT2D eigenvalue weighted by Crippen LogP contribution is -2.48. The molecule has 3 unspecified atom stereocenters. The van der Waals surface area contributed by atoms with Crippen molar-refractivity contribution in [3.63, 3.8) is 0 Å². The van der Waals surface area contributed by atoms with Crippen molar-refractivity contribution >= 4 is 0 Å². The second-order valence-corrected chi connectivity index (χ2v) is 7.02. The quantitative estimate of drug-likeness (QED) is 0.824. The van der Waals surface area contributed by atoms with Gasteiger partial charge in [0.1, 0.15) is 0 Å². The van der Waals surface area contributed by atoms with Crippen LogP contribution in [0.5, 0.6) is 0 Å². The van der Waals surface area contributed by atoms with E-state index < -0.39 is 0 Å². The van der Waals surface area contributed by atoms with E-state index in [1.807, 2.05) is 0 Å². The monoisotopic (exact) mass is 269 g/mol. The highest BCUT2D eigenvalue weighted by Gasteiger charge is 2.37. The smallest absolute Gasteiger partial charge is 0.0586 e. The molecule has 2 rings (SSSR count). The summed E-state index contributed by atoms with van der Waals surface area (Å²) in [6.45, 7) is 4.99. The van der Waals surface area contributed by atoms with Crippen molar-refractivity contribution in [2.45, 2.75) is 64.3 Å². The van der Waals surface area contributed by atoms with Crippen LogP contribution in [0.1, 0.15) is 58.3 Å². The van der Waals surface area contributed by atoms with Crippen LogP contribution in [-0.4, -0.2) is 47.5 Å². The average molecular weight is 269 g/mol. The molecule has 3 nitrogen and oxygen atoms in total. The highest BCUT2D eigenvalue weighted by molar-refractivity contribution is 4.90. The third-order valence-corrected chi connectivity index (χ3v) is 5.27. The van der Waals surface area contributed by atoms with Crippen LogP contribution in [0.15, 0.2) is 0 Å². The van der Waals surface area contributed by atoms with Gasteiger partial charge in [0.15, 0.2) is 0 Å². The summed E-state index contributed by atoms with van der Waals surface area (Å²) in [5.74, 6) is 0.737. The molecule has 2 N–H and O–H groups in total. The Morgan fingerprint density at radius 2 is 1.95 bits per heavy atom. The third kappa shape index (κ3) is 3.93. The second kappa shape index (κ2) is 7.05. The average Bonchev–Trinajstić information content (AvgIpc) is 2.63. The molecule has 3 heteroatoms. The van der Waals surface area contributed by atoms with Crippen molar-refractivity contribution in [3.8, 4) is 0 Å². The molecular weight excluding hydrogens is 238 g/mol. The molecule has 1 saturated carbocycles. The van der Waals surface area contributed by atoms with Crippen LogP contribution in [0.25, 0.3) is 0 Å². The summed E-state index contributed by atoms with van der Waals surface area (Å²) in [6.07, 6.45) is 9.76. The first-order chi connectivity index (χ1) is 9.19. The van der Waals surface area contributed by atoms with Crippen molar-refractivity contribution in [2.75, 3.05) is 26.3 Å². The number of aliphatic hydroxyl groups excluding tert-OH is 2. The summed E-state index contributed by atoms with van der Waals surface area (Å²) in [5.41, 5.74) is 0.0927. The largest absolute Gasteiger partial charge is 0.396 e. The zero-order valence-corrected chi connectivity index (χ0v) is 12.5. The van der Waals surface area contributed by atoms with Crippen LogP contribution in [0.4, 0.5) is 0 Å². The van der Waals surface area contributed by atoms with Gasteiger partial charge in [0.25, 0.3) is 0 Å². The predicted molar refractivity (Wildman–Crippen MR) is 78.1 cm³/mol. The molecule has 112 valence electrons. The Morgan fingerprint density at radius 1 is 1.11 bits per heavy atom.